The monoisotopic (exact) mass is 203 g/mol. The van der Waals surface area contributed by atoms with Gasteiger partial charge < -0.3 is 5.73 Å². The molecule has 1 rings (SSSR count). The first-order valence-electron chi connectivity index (χ1n) is 3.77. The molecule has 0 bridgehead atoms. The van der Waals surface area contributed by atoms with E-state index in [0.29, 0.717) is 21.7 Å². The third kappa shape index (κ3) is 1.67. The molecular formula is C9H11Cl2N. The smallest absolute Gasteiger partial charge is 0.0824 e. The third-order valence-electron chi connectivity index (χ3n) is 1.76. The Kier molecular flexibility index (Phi) is 2.86. The molecule has 12 heavy (non-hydrogen) atoms. The first-order valence-corrected chi connectivity index (χ1v) is 4.53. The molecule has 0 saturated heterocycles. The van der Waals surface area contributed by atoms with Crippen LogP contribution in [0.25, 0.3) is 0 Å². The Morgan fingerprint density at radius 2 is 1.75 bits per heavy atom. The number of benzene rings is 1. The second-order valence-corrected chi connectivity index (χ2v) is 3.78. The fourth-order valence-corrected chi connectivity index (χ4v) is 1.59. The average Bonchev–Trinajstić information content (AvgIpc) is 2.00. The van der Waals surface area contributed by atoms with Gasteiger partial charge in [-0.3, -0.25) is 0 Å². The summed E-state index contributed by atoms with van der Waals surface area (Å²) in [4.78, 5) is 0. The highest BCUT2D eigenvalue weighted by Gasteiger charge is 2.09. The van der Waals surface area contributed by atoms with Crippen molar-refractivity contribution in [2.45, 2.75) is 19.8 Å². The van der Waals surface area contributed by atoms with Crippen molar-refractivity contribution >= 4 is 28.9 Å². The van der Waals surface area contributed by atoms with E-state index in [1.807, 2.05) is 6.07 Å². The Balaban J connectivity index is 3.27. The predicted molar refractivity (Wildman–Crippen MR) is 55.0 cm³/mol. The van der Waals surface area contributed by atoms with Crippen LogP contribution in [0.4, 0.5) is 5.69 Å². The van der Waals surface area contributed by atoms with Gasteiger partial charge in [0.25, 0.3) is 0 Å². The Labute approximate surface area is 82.5 Å². The minimum Gasteiger partial charge on any atom is -0.397 e. The number of hydrogen-bond acceptors (Lipinski definition) is 1. The fraction of sp³-hybridized carbons (Fsp3) is 0.333. The molecule has 0 heterocycles. The summed E-state index contributed by atoms with van der Waals surface area (Å²) in [6, 6.07) is 3.69. The van der Waals surface area contributed by atoms with Crippen LogP contribution in [0.2, 0.25) is 10.0 Å². The van der Waals surface area contributed by atoms with E-state index in [4.69, 9.17) is 28.9 Å². The van der Waals surface area contributed by atoms with Gasteiger partial charge in [-0.1, -0.05) is 43.1 Å². The summed E-state index contributed by atoms with van der Waals surface area (Å²) in [7, 11) is 0. The summed E-state index contributed by atoms with van der Waals surface area (Å²) in [5.41, 5.74) is 7.14. The number of anilines is 1. The van der Waals surface area contributed by atoms with Crippen molar-refractivity contribution in [3.8, 4) is 0 Å². The van der Waals surface area contributed by atoms with Crippen molar-refractivity contribution in [1.29, 1.82) is 0 Å². The van der Waals surface area contributed by atoms with E-state index in [0.717, 1.165) is 5.56 Å². The van der Waals surface area contributed by atoms with Crippen LogP contribution >= 0.6 is 23.2 Å². The number of nitrogen functional groups attached to an aromatic ring is 1. The first-order chi connectivity index (χ1) is 5.54. The molecule has 1 aromatic carbocycles. The van der Waals surface area contributed by atoms with Gasteiger partial charge in [0.15, 0.2) is 0 Å². The molecular weight excluding hydrogens is 193 g/mol. The molecule has 0 aromatic heterocycles. The van der Waals surface area contributed by atoms with Crippen molar-refractivity contribution in [3.05, 3.63) is 27.7 Å². The van der Waals surface area contributed by atoms with Gasteiger partial charge in [-0.15, -0.1) is 0 Å². The number of rotatable bonds is 1. The predicted octanol–water partition coefficient (Wildman–Crippen LogP) is 3.70. The zero-order valence-electron chi connectivity index (χ0n) is 7.07. The van der Waals surface area contributed by atoms with E-state index in [2.05, 4.69) is 13.8 Å². The third-order valence-corrected chi connectivity index (χ3v) is 2.68. The Hall–Kier alpha value is -0.400. The van der Waals surface area contributed by atoms with Crippen LogP contribution in [0, 0.1) is 0 Å². The molecule has 0 radical (unpaired) electrons. The molecule has 2 N–H and O–H groups in total. The van der Waals surface area contributed by atoms with Gasteiger partial charge in [0.1, 0.15) is 0 Å². The number of hydrogen-bond donors (Lipinski definition) is 1. The lowest BCUT2D eigenvalue weighted by molar-refractivity contribution is 0.867. The zero-order chi connectivity index (χ0) is 9.30. The van der Waals surface area contributed by atoms with Gasteiger partial charge in [0, 0.05) is 0 Å². The highest BCUT2D eigenvalue weighted by Crippen LogP contribution is 2.34. The normalized spacial score (nSPS) is 10.8. The maximum absolute atomic E-state index is 5.98. The van der Waals surface area contributed by atoms with Gasteiger partial charge in [-0.05, 0) is 17.5 Å². The van der Waals surface area contributed by atoms with Crippen molar-refractivity contribution < 1.29 is 0 Å². The molecule has 0 aliphatic heterocycles. The van der Waals surface area contributed by atoms with Gasteiger partial charge >= 0.3 is 0 Å². The quantitative estimate of drug-likeness (QED) is 0.693. The van der Waals surface area contributed by atoms with E-state index >= 15 is 0 Å². The molecule has 0 aliphatic rings. The van der Waals surface area contributed by atoms with E-state index in [1.54, 1.807) is 6.07 Å². The van der Waals surface area contributed by atoms with E-state index in [1.165, 1.54) is 0 Å². The molecule has 0 aliphatic carbocycles. The summed E-state index contributed by atoms with van der Waals surface area (Å²) >= 11 is 11.9. The summed E-state index contributed by atoms with van der Waals surface area (Å²) in [5, 5.41) is 1.04. The number of nitrogens with two attached hydrogens (primary N) is 1. The zero-order valence-corrected chi connectivity index (χ0v) is 8.58. The van der Waals surface area contributed by atoms with Gasteiger partial charge in [-0.2, -0.15) is 0 Å². The molecule has 1 nitrogen and oxygen atoms in total. The summed E-state index contributed by atoms with van der Waals surface area (Å²) < 4.78 is 0. The van der Waals surface area contributed by atoms with Crippen molar-refractivity contribution in [2.24, 2.45) is 0 Å². The molecule has 0 amide bonds. The van der Waals surface area contributed by atoms with E-state index < -0.39 is 0 Å². The molecule has 0 unspecified atom stereocenters. The molecule has 0 saturated carbocycles. The summed E-state index contributed by atoms with van der Waals surface area (Å²) in [5.74, 6) is 0.371. The van der Waals surface area contributed by atoms with Crippen molar-refractivity contribution in [1.82, 2.24) is 0 Å². The minimum absolute atomic E-state index is 0.371. The van der Waals surface area contributed by atoms with E-state index in [9.17, 15) is 0 Å². The second kappa shape index (κ2) is 3.55. The Bertz CT molecular complexity index is 295. The lowest BCUT2D eigenvalue weighted by Gasteiger charge is -2.10. The average molecular weight is 204 g/mol. The molecule has 0 atom stereocenters. The fourth-order valence-electron chi connectivity index (χ4n) is 1.03. The molecule has 3 heteroatoms. The summed E-state index contributed by atoms with van der Waals surface area (Å²) in [6.45, 7) is 4.13. The minimum atomic E-state index is 0.371. The molecule has 66 valence electrons. The van der Waals surface area contributed by atoms with Crippen LogP contribution in [-0.2, 0) is 0 Å². The SMILES string of the molecule is CC(C)c1ccc(N)c(Cl)c1Cl. The highest BCUT2D eigenvalue weighted by molar-refractivity contribution is 6.44. The van der Waals surface area contributed by atoms with Crippen LogP contribution < -0.4 is 5.73 Å². The van der Waals surface area contributed by atoms with Crippen LogP contribution in [0.3, 0.4) is 0 Å². The standard InChI is InChI=1S/C9H11Cl2N/c1-5(2)6-3-4-7(12)9(11)8(6)10/h3-5H,12H2,1-2H3. The van der Waals surface area contributed by atoms with E-state index in [-0.39, 0.29) is 0 Å². The number of halogens is 2. The van der Waals surface area contributed by atoms with Gasteiger partial charge in [-0.25, -0.2) is 0 Å². The highest BCUT2D eigenvalue weighted by atomic mass is 35.5. The second-order valence-electron chi connectivity index (χ2n) is 3.03. The van der Waals surface area contributed by atoms with Crippen LogP contribution in [0.1, 0.15) is 25.3 Å². The molecule has 0 spiro atoms. The lowest BCUT2D eigenvalue weighted by atomic mass is 10.0. The first kappa shape index (κ1) is 9.69. The molecule has 0 fully saturated rings. The Morgan fingerprint density at radius 1 is 1.17 bits per heavy atom. The van der Waals surface area contributed by atoms with Gasteiger partial charge in [0.2, 0.25) is 0 Å². The summed E-state index contributed by atoms with van der Waals surface area (Å²) in [6.07, 6.45) is 0. The largest absolute Gasteiger partial charge is 0.397 e. The lowest BCUT2D eigenvalue weighted by Crippen LogP contribution is -1.93. The van der Waals surface area contributed by atoms with Crippen LogP contribution in [0.5, 0.6) is 0 Å². The van der Waals surface area contributed by atoms with Crippen LogP contribution in [0.15, 0.2) is 12.1 Å². The Morgan fingerprint density at radius 3 is 2.25 bits per heavy atom. The van der Waals surface area contributed by atoms with Crippen LogP contribution in [-0.4, -0.2) is 0 Å². The maximum atomic E-state index is 5.98. The van der Waals surface area contributed by atoms with Crippen molar-refractivity contribution in [3.63, 3.8) is 0 Å². The molecule has 1 aromatic rings. The van der Waals surface area contributed by atoms with Crippen molar-refractivity contribution in [2.75, 3.05) is 5.73 Å². The van der Waals surface area contributed by atoms with Gasteiger partial charge in [0.05, 0.1) is 15.7 Å². The maximum Gasteiger partial charge on any atom is 0.0824 e. The topological polar surface area (TPSA) is 26.0 Å².